The molecule has 2 saturated heterocycles. The fourth-order valence-corrected chi connectivity index (χ4v) is 3.90. The lowest BCUT2D eigenvalue weighted by atomic mass is 9.77. The number of carbonyl (C=O) groups excluding carboxylic acids is 1. The van der Waals surface area contributed by atoms with Crippen molar-refractivity contribution >= 4 is 5.91 Å². The maximum atomic E-state index is 12.8. The summed E-state index contributed by atoms with van der Waals surface area (Å²) in [6.45, 7) is 9.67. The van der Waals surface area contributed by atoms with Crippen molar-refractivity contribution in [2.75, 3.05) is 19.6 Å². The SMILES string of the molecule is CCCC1CCCN(C(=O)C2NCCCC2(C)C)CC1. The third-order valence-electron chi connectivity index (χ3n) is 5.23. The number of hydrogen-bond donors (Lipinski definition) is 1. The Hall–Kier alpha value is -0.570. The summed E-state index contributed by atoms with van der Waals surface area (Å²) < 4.78 is 0. The summed E-state index contributed by atoms with van der Waals surface area (Å²) in [7, 11) is 0. The molecule has 0 spiro atoms. The van der Waals surface area contributed by atoms with Gasteiger partial charge in [-0.25, -0.2) is 0 Å². The van der Waals surface area contributed by atoms with Gasteiger partial charge in [0.2, 0.25) is 5.91 Å². The fraction of sp³-hybridized carbons (Fsp3) is 0.941. The molecular formula is C17H32N2O. The Balaban J connectivity index is 1.95. The fourth-order valence-electron chi connectivity index (χ4n) is 3.90. The molecule has 0 saturated carbocycles. The van der Waals surface area contributed by atoms with E-state index in [4.69, 9.17) is 0 Å². The highest BCUT2D eigenvalue weighted by atomic mass is 16.2. The number of rotatable bonds is 3. The molecule has 0 aliphatic carbocycles. The Kier molecular flexibility index (Phi) is 5.48. The molecule has 0 bridgehead atoms. The molecule has 1 amide bonds. The van der Waals surface area contributed by atoms with Crippen molar-refractivity contribution in [1.29, 1.82) is 0 Å². The van der Waals surface area contributed by atoms with Crippen LogP contribution >= 0.6 is 0 Å². The Morgan fingerprint density at radius 3 is 2.75 bits per heavy atom. The molecule has 2 atom stereocenters. The third-order valence-corrected chi connectivity index (χ3v) is 5.23. The van der Waals surface area contributed by atoms with Crippen LogP contribution in [0.4, 0.5) is 0 Å². The summed E-state index contributed by atoms with van der Waals surface area (Å²) >= 11 is 0. The zero-order chi connectivity index (χ0) is 14.6. The normalized spacial score (nSPS) is 30.9. The number of nitrogens with one attached hydrogen (secondary N) is 1. The molecule has 1 N–H and O–H groups in total. The number of amides is 1. The standard InChI is InChI=1S/C17H32N2O/c1-4-7-14-8-5-12-19(13-9-14)16(20)15-17(2,3)10-6-11-18-15/h14-15,18H,4-13H2,1-3H3. The molecule has 0 aromatic carbocycles. The molecule has 2 aliphatic heterocycles. The predicted octanol–water partition coefficient (Wildman–Crippen LogP) is 3.19. The van der Waals surface area contributed by atoms with E-state index in [-0.39, 0.29) is 11.5 Å². The van der Waals surface area contributed by atoms with Crippen LogP contribution in [0.5, 0.6) is 0 Å². The van der Waals surface area contributed by atoms with E-state index in [0.717, 1.165) is 32.0 Å². The summed E-state index contributed by atoms with van der Waals surface area (Å²) in [5, 5.41) is 3.47. The highest BCUT2D eigenvalue weighted by molar-refractivity contribution is 5.83. The summed E-state index contributed by atoms with van der Waals surface area (Å²) in [6, 6.07) is 0.0268. The largest absolute Gasteiger partial charge is 0.341 e. The van der Waals surface area contributed by atoms with Crippen molar-refractivity contribution in [1.82, 2.24) is 10.2 Å². The monoisotopic (exact) mass is 280 g/mol. The van der Waals surface area contributed by atoms with Crippen LogP contribution in [0.3, 0.4) is 0 Å². The van der Waals surface area contributed by atoms with E-state index in [1.807, 2.05) is 0 Å². The van der Waals surface area contributed by atoms with Gasteiger partial charge in [-0.2, -0.15) is 0 Å². The van der Waals surface area contributed by atoms with Crippen LogP contribution < -0.4 is 5.32 Å². The molecular weight excluding hydrogens is 248 g/mol. The van der Waals surface area contributed by atoms with Crippen LogP contribution in [0, 0.1) is 11.3 Å². The Bertz CT molecular complexity index is 327. The second-order valence-electron chi connectivity index (χ2n) is 7.39. The lowest BCUT2D eigenvalue weighted by Crippen LogP contribution is -2.56. The molecule has 2 fully saturated rings. The summed E-state index contributed by atoms with van der Waals surface area (Å²) in [6.07, 6.45) is 8.64. The minimum atomic E-state index is 0.0268. The lowest BCUT2D eigenvalue weighted by Gasteiger charge is -2.40. The van der Waals surface area contributed by atoms with Crippen molar-refractivity contribution in [3.63, 3.8) is 0 Å². The van der Waals surface area contributed by atoms with Gasteiger partial charge in [0.05, 0.1) is 6.04 Å². The molecule has 3 nitrogen and oxygen atoms in total. The first kappa shape index (κ1) is 15.8. The van der Waals surface area contributed by atoms with E-state index in [1.54, 1.807) is 0 Å². The molecule has 20 heavy (non-hydrogen) atoms. The van der Waals surface area contributed by atoms with Crippen molar-refractivity contribution in [2.24, 2.45) is 11.3 Å². The van der Waals surface area contributed by atoms with Crippen LogP contribution in [0.15, 0.2) is 0 Å². The van der Waals surface area contributed by atoms with Gasteiger partial charge >= 0.3 is 0 Å². The maximum Gasteiger partial charge on any atom is 0.240 e. The summed E-state index contributed by atoms with van der Waals surface area (Å²) in [5.41, 5.74) is 0.102. The molecule has 3 heteroatoms. The average molecular weight is 280 g/mol. The number of likely N-dealkylation sites (tertiary alicyclic amines) is 1. The van der Waals surface area contributed by atoms with E-state index in [2.05, 4.69) is 31.0 Å². The minimum absolute atomic E-state index is 0.0268. The molecule has 2 unspecified atom stereocenters. The minimum Gasteiger partial charge on any atom is -0.341 e. The zero-order valence-corrected chi connectivity index (χ0v) is 13.6. The van der Waals surface area contributed by atoms with E-state index in [0.29, 0.717) is 5.91 Å². The molecule has 0 aromatic rings. The highest BCUT2D eigenvalue weighted by Crippen LogP contribution is 2.32. The van der Waals surface area contributed by atoms with Crippen LogP contribution in [0.1, 0.15) is 65.7 Å². The third kappa shape index (κ3) is 3.75. The number of hydrogen-bond acceptors (Lipinski definition) is 2. The van der Waals surface area contributed by atoms with E-state index < -0.39 is 0 Å². The van der Waals surface area contributed by atoms with Gasteiger partial charge in [0.15, 0.2) is 0 Å². The van der Waals surface area contributed by atoms with Gasteiger partial charge in [-0.1, -0.05) is 33.6 Å². The molecule has 2 rings (SSSR count). The molecule has 0 aromatic heterocycles. The Labute approximate surface area is 124 Å². The van der Waals surface area contributed by atoms with Gasteiger partial charge in [0.25, 0.3) is 0 Å². The van der Waals surface area contributed by atoms with Gasteiger partial charge < -0.3 is 10.2 Å². The predicted molar refractivity (Wildman–Crippen MR) is 83.6 cm³/mol. The first-order chi connectivity index (χ1) is 9.54. The van der Waals surface area contributed by atoms with Gasteiger partial charge in [0.1, 0.15) is 0 Å². The van der Waals surface area contributed by atoms with Crippen molar-refractivity contribution in [3.8, 4) is 0 Å². The second-order valence-corrected chi connectivity index (χ2v) is 7.39. The lowest BCUT2D eigenvalue weighted by molar-refractivity contribution is -0.137. The van der Waals surface area contributed by atoms with Crippen molar-refractivity contribution in [3.05, 3.63) is 0 Å². The quantitative estimate of drug-likeness (QED) is 0.861. The summed E-state index contributed by atoms with van der Waals surface area (Å²) in [5.74, 6) is 1.19. The smallest absolute Gasteiger partial charge is 0.240 e. The average Bonchev–Trinajstić information content (AvgIpc) is 2.64. The Morgan fingerprint density at radius 2 is 2.05 bits per heavy atom. The van der Waals surface area contributed by atoms with E-state index in [9.17, 15) is 4.79 Å². The number of carbonyl (C=O) groups is 1. The zero-order valence-electron chi connectivity index (χ0n) is 13.6. The van der Waals surface area contributed by atoms with Gasteiger partial charge in [-0.05, 0) is 50.0 Å². The van der Waals surface area contributed by atoms with Gasteiger partial charge in [-0.15, -0.1) is 0 Å². The molecule has 2 aliphatic rings. The second kappa shape index (κ2) is 6.93. The molecule has 2 heterocycles. The molecule has 116 valence electrons. The first-order valence-corrected chi connectivity index (χ1v) is 8.57. The van der Waals surface area contributed by atoms with Gasteiger partial charge in [0, 0.05) is 13.1 Å². The Morgan fingerprint density at radius 1 is 1.25 bits per heavy atom. The maximum absolute atomic E-state index is 12.8. The summed E-state index contributed by atoms with van der Waals surface area (Å²) in [4.78, 5) is 15.0. The molecule has 0 radical (unpaired) electrons. The van der Waals surface area contributed by atoms with Crippen LogP contribution in [0.25, 0.3) is 0 Å². The van der Waals surface area contributed by atoms with Crippen molar-refractivity contribution < 1.29 is 4.79 Å². The highest BCUT2D eigenvalue weighted by Gasteiger charge is 2.39. The topological polar surface area (TPSA) is 32.3 Å². The van der Waals surface area contributed by atoms with E-state index in [1.165, 1.54) is 38.5 Å². The van der Waals surface area contributed by atoms with Gasteiger partial charge in [-0.3, -0.25) is 4.79 Å². The van der Waals surface area contributed by atoms with Crippen LogP contribution in [-0.2, 0) is 4.79 Å². The number of nitrogens with zero attached hydrogens (tertiary/aromatic N) is 1. The first-order valence-electron chi connectivity index (χ1n) is 8.57. The number of piperidine rings is 1. The van der Waals surface area contributed by atoms with E-state index >= 15 is 0 Å². The van der Waals surface area contributed by atoms with Crippen LogP contribution in [-0.4, -0.2) is 36.5 Å². The van der Waals surface area contributed by atoms with Crippen molar-refractivity contribution in [2.45, 2.75) is 71.8 Å². The van der Waals surface area contributed by atoms with Crippen LogP contribution in [0.2, 0.25) is 0 Å².